The molecule has 0 radical (unpaired) electrons. The Labute approximate surface area is 182 Å². The van der Waals surface area contributed by atoms with Crippen LogP contribution in [0.25, 0.3) is 0 Å². The highest BCUT2D eigenvalue weighted by Crippen LogP contribution is 2.57. The third-order valence-corrected chi connectivity index (χ3v) is 5.74. The smallest absolute Gasteiger partial charge is 0.340 e. The summed E-state index contributed by atoms with van der Waals surface area (Å²) in [6, 6.07) is 23.7. The number of hydrogen-bond donors (Lipinski definition) is 2. The summed E-state index contributed by atoms with van der Waals surface area (Å²) in [5, 5.41) is 19.5. The van der Waals surface area contributed by atoms with Gasteiger partial charge < -0.3 is 24.4 Å². The third kappa shape index (κ3) is 2.56. The molecule has 0 saturated heterocycles. The summed E-state index contributed by atoms with van der Waals surface area (Å²) in [6.45, 7) is 0. The van der Waals surface area contributed by atoms with Gasteiger partial charge in [0.05, 0.1) is 5.56 Å². The minimum absolute atomic E-state index is 0.0384. The molecule has 2 heterocycles. The Balaban J connectivity index is 1.53. The first kappa shape index (κ1) is 18.3. The van der Waals surface area contributed by atoms with Gasteiger partial charge in [0.2, 0.25) is 0 Å². The second kappa shape index (κ2) is 6.52. The number of aromatic hydroxyl groups is 2. The lowest BCUT2D eigenvalue weighted by molar-refractivity contribution is 0.0224. The Hall–Kier alpha value is -4.45. The number of esters is 1. The van der Waals surface area contributed by atoms with E-state index in [1.165, 1.54) is 18.2 Å². The maximum absolute atomic E-state index is 12.8. The van der Waals surface area contributed by atoms with Crippen LogP contribution in [0.2, 0.25) is 0 Å². The summed E-state index contributed by atoms with van der Waals surface area (Å²) < 4.78 is 18.1. The van der Waals surface area contributed by atoms with Crippen molar-refractivity contribution in [2.75, 3.05) is 0 Å². The van der Waals surface area contributed by atoms with Crippen LogP contribution in [0.3, 0.4) is 0 Å². The van der Waals surface area contributed by atoms with Crippen LogP contribution in [0.1, 0.15) is 27.0 Å². The minimum atomic E-state index is -1.19. The highest BCUT2D eigenvalue weighted by atomic mass is 16.6. The molecule has 0 aliphatic carbocycles. The average molecular weight is 424 g/mol. The molecule has 2 aliphatic rings. The normalized spacial score (nSPS) is 17.7. The number of hydrogen-bond acceptors (Lipinski definition) is 6. The number of rotatable bonds is 2. The summed E-state index contributed by atoms with van der Waals surface area (Å²) in [7, 11) is 0. The van der Waals surface area contributed by atoms with Gasteiger partial charge in [-0.05, 0) is 54.6 Å². The first-order valence-electron chi connectivity index (χ1n) is 10.0. The number of phenolic OH excluding ortho intramolecular Hbond substituents is 2. The molecule has 1 spiro atoms. The summed E-state index contributed by atoms with van der Waals surface area (Å²) in [5.41, 5.74) is 1.30. The fourth-order valence-corrected chi connectivity index (χ4v) is 4.36. The molecule has 6 rings (SSSR count). The Morgan fingerprint density at radius 1 is 0.688 bits per heavy atom. The minimum Gasteiger partial charge on any atom is -0.508 e. The number of benzene rings is 4. The predicted molar refractivity (Wildman–Crippen MR) is 115 cm³/mol. The van der Waals surface area contributed by atoms with E-state index in [4.69, 9.17) is 14.2 Å². The van der Waals surface area contributed by atoms with E-state index in [0.717, 1.165) is 0 Å². The highest BCUT2D eigenvalue weighted by Gasteiger charge is 2.53. The fraction of sp³-hybridized carbons (Fsp3) is 0.0385. The molecule has 0 saturated carbocycles. The average Bonchev–Trinajstić information content (AvgIpc) is 3.08. The Morgan fingerprint density at radius 2 is 1.34 bits per heavy atom. The molecule has 0 fully saturated rings. The summed E-state index contributed by atoms with van der Waals surface area (Å²) in [5.74, 6) is 1.65. The van der Waals surface area contributed by atoms with Gasteiger partial charge in [0.1, 0.15) is 34.5 Å². The van der Waals surface area contributed by atoms with Gasteiger partial charge >= 0.3 is 5.97 Å². The fourth-order valence-electron chi connectivity index (χ4n) is 4.36. The molecular weight excluding hydrogens is 408 g/mol. The predicted octanol–water partition coefficient (Wildman–Crippen LogP) is 5.46. The van der Waals surface area contributed by atoms with E-state index < -0.39 is 11.6 Å². The van der Waals surface area contributed by atoms with Crippen LogP contribution in [0.15, 0.2) is 84.9 Å². The van der Waals surface area contributed by atoms with Crippen molar-refractivity contribution in [3.05, 3.63) is 107 Å². The van der Waals surface area contributed by atoms with Crippen molar-refractivity contribution in [2.45, 2.75) is 5.60 Å². The second-order valence-electron chi connectivity index (χ2n) is 7.65. The maximum Gasteiger partial charge on any atom is 0.340 e. The molecule has 6 nitrogen and oxygen atoms in total. The van der Waals surface area contributed by atoms with Crippen molar-refractivity contribution < 1.29 is 29.2 Å². The largest absolute Gasteiger partial charge is 0.508 e. The SMILES string of the molecule is O=C1OC2(c3ccc(O)cc3Oc3cc(Oc4ccc(O)cc4)ccc32)c2ccccc21. The Morgan fingerprint density at radius 3 is 2.16 bits per heavy atom. The van der Waals surface area contributed by atoms with Crippen LogP contribution in [0.5, 0.6) is 34.5 Å². The standard InChI is InChI=1S/C26H16O6/c27-15-5-8-17(9-6-15)30-18-10-12-22-24(14-18)31-23-13-16(28)7-11-21(23)26(22)20-4-2-1-3-19(20)25(29)32-26/h1-14,27-28H. The molecular formula is C26H16O6. The van der Waals surface area contributed by atoms with Gasteiger partial charge in [-0.1, -0.05) is 18.2 Å². The van der Waals surface area contributed by atoms with E-state index in [-0.39, 0.29) is 11.5 Å². The molecule has 156 valence electrons. The number of ether oxygens (including phenoxy) is 3. The van der Waals surface area contributed by atoms with Crippen molar-refractivity contribution >= 4 is 5.97 Å². The second-order valence-corrected chi connectivity index (χ2v) is 7.65. The third-order valence-electron chi connectivity index (χ3n) is 5.74. The summed E-state index contributed by atoms with van der Waals surface area (Å²) in [4.78, 5) is 12.8. The zero-order chi connectivity index (χ0) is 21.9. The van der Waals surface area contributed by atoms with Gasteiger partial charge in [0.25, 0.3) is 0 Å². The lowest BCUT2D eigenvalue weighted by Crippen LogP contribution is -2.32. The van der Waals surface area contributed by atoms with E-state index in [9.17, 15) is 15.0 Å². The molecule has 1 unspecified atom stereocenters. The molecule has 0 bridgehead atoms. The number of fused-ring (bicyclic) bond motifs is 6. The van der Waals surface area contributed by atoms with E-state index in [0.29, 0.717) is 45.3 Å². The van der Waals surface area contributed by atoms with Crippen LogP contribution < -0.4 is 9.47 Å². The van der Waals surface area contributed by atoms with Crippen molar-refractivity contribution in [1.29, 1.82) is 0 Å². The Bertz CT molecular complexity index is 1390. The van der Waals surface area contributed by atoms with E-state index in [1.807, 2.05) is 18.2 Å². The highest BCUT2D eigenvalue weighted by molar-refractivity contribution is 5.97. The van der Waals surface area contributed by atoms with Gasteiger partial charge in [-0.25, -0.2) is 4.79 Å². The maximum atomic E-state index is 12.8. The first-order chi connectivity index (χ1) is 15.5. The molecule has 1 atom stereocenters. The molecule has 2 aliphatic heterocycles. The monoisotopic (exact) mass is 424 g/mol. The van der Waals surface area contributed by atoms with Crippen LogP contribution >= 0.6 is 0 Å². The van der Waals surface area contributed by atoms with Gasteiger partial charge in [-0.15, -0.1) is 0 Å². The van der Waals surface area contributed by atoms with Gasteiger partial charge in [-0.3, -0.25) is 0 Å². The quantitative estimate of drug-likeness (QED) is 0.416. The van der Waals surface area contributed by atoms with E-state index in [1.54, 1.807) is 48.5 Å². The van der Waals surface area contributed by atoms with Gasteiger partial charge in [-0.2, -0.15) is 0 Å². The van der Waals surface area contributed by atoms with Crippen molar-refractivity contribution in [2.24, 2.45) is 0 Å². The molecule has 2 N–H and O–H groups in total. The summed E-state index contributed by atoms with van der Waals surface area (Å²) >= 11 is 0. The topological polar surface area (TPSA) is 85.2 Å². The lowest BCUT2D eigenvalue weighted by Gasteiger charge is -2.36. The molecule has 4 aromatic carbocycles. The van der Waals surface area contributed by atoms with Crippen molar-refractivity contribution in [1.82, 2.24) is 0 Å². The lowest BCUT2D eigenvalue weighted by atomic mass is 9.77. The van der Waals surface area contributed by atoms with Crippen LogP contribution in [-0.4, -0.2) is 16.2 Å². The molecule has 0 aromatic heterocycles. The van der Waals surface area contributed by atoms with Crippen molar-refractivity contribution in [3.63, 3.8) is 0 Å². The van der Waals surface area contributed by atoms with Gasteiger partial charge in [0, 0.05) is 28.8 Å². The zero-order valence-corrected chi connectivity index (χ0v) is 16.6. The molecule has 4 aromatic rings. The van der Waals surface area contributed by atoms with Crippen LogP contribution in [0.4, 0.5) is 0 Å². The van der Waals surface area contributed by atoms with Crippen LogP contribution in [-0.2, 0) is 10.3 Å². The molecule has 6 heteroatoms. The zero-order valence-electron chi connectivity index (χ0n) is 16.6. The van der Waals surface area contributed by atoms with Gasteiger partial charge in [0.15, 0.2) is 5.60 Å². The van der Waals surface area contributed by atoms with E-state index in [2.05, 4.69) is 0 Å². The molecule has 32 heavy (non-hydrogen) atoms. The number of phenols is 2. The first-order valence-corrected chi connectivity index (χ1v) is 10.0. The number of carbonyl (C=O) groups excluding carboxylic acids is 1. The number of carbonyl (C=O) groups is 1. The van der Waals surface area contributed by atoms with Crippen molar-refractivity contribution in [3.8, 4) is 34.5 Å². The Kier molecular flexibility index (Phi) is 3.74. The molecule has 0 amide bonds. The summed E-state index contributed by atoms with van der Waals surface area (Å²) in [6.07, 6.45) is 0. The van der Waals surface area contributed by atoms with E-state index >= 15 is 0 Å². The van der Waals surface area contributed by atoms with Crippen LogP contribution in [0, 0.1) is 0 Å².